The molecule has 25 heavy (non-hydrogen) atoms. The number of carbonyl (C=O) groups excluding carboxylic acids is 4. The summed E-state index contributed by atoms with van der Waals surface area (Å²) in [7, 11) is 0. The maximum absolute atomic E-state index is 12.4. The van der Waals surface area contributed by atoms with Gasteiger partial charge in [0.15, 0.2) is 6.61 Å². The molecule has 138 valence electrons. The summed E-state index contributed by atoms with van der Waals surface area (Å²) in [6.07, 6.45) is 4.80. The van der Waals surface area contributed by atoms with Gasteiger partial charge in [-0.15, -0.1) is 0 Å². The number of hydrogen-bond acceptors (Lipinski definition) is 6. The van der Waals surface area contributed by atoms with Gasteiger partial charge >= 0.3 is 12.0 Å². The molecule has 3 aliphatic rings. The molecular formula is C16H23N3O6. The van der Waals surface area contributed by atoms with Crippen molar-refractivity contribution >= 4 is 23.8 Å². The molecule has 0 aromatic carbocycles. The zero-order valence-corrected chi connectivity index (χ0v) is 14.0. The van der Waals surface area contributed by atoms with Crippen LogP contribution in [0.4, 0.5) is 4.79 Å². The molecule has 3 fully saturated rings. The van der Waals surface area contributed by atoms with Crippen LogP contribution in [0.25, 0.3) is 0 Å². The quantitative estimate of drug-likeness (QED) is 0.500. The number of esters is 1. The molecule has 4 amide bonds. The van der Waals surface area contributed by atoms with Crippen molar-refractivity contribution in [3.8, 4) is 0 Å². The number of carbonyl (C=O) groups is 4. The molecule has 0 unspecified atom stereocenters. The van der Waals surface area contributed by atoms with Gasteiger partial charge in [0.05, 0.1) is 6.10 Å². The first-order chi connectivity index (χ1) is 12.0. The Hall–Kier alpha value is -2.16. The molecule has 1 atom stereocenters. The Morgan fingerprint density at radius 3 is 2.72 bits per heavy atom. The van der Waals surface area contributed by atoms with Crippen LogP contribution >= 0.6 is 0 Å². The number of amides is 4. The van der Waals surface area contributed by atoms with Gasteiger partial charge in [-0.3, -0.25) is 19.3 Å². The summed E-state index contributed by atoms with van der Waals surface area (Å²) in [5.41, 5.74) is -0.851. The molecule has 9 heteroatoms. The maximum atomic E-state index is 12.4. The van der Waals surface area contributed by atoms with E-state index in [4.69, 9.17) is 9.47 Å². The minimum absolute atomic E-state index is 0.00756. The summed E-state index contributed by atoms with van der Waals surface area (Å²) in [4.78, 5) is 48.8. The Morgan fingerprint density at radius 1 is 1.28 bits per heavy atom. The van der Waals surface area contributed by atoms with Gasteiger partial charge in [0, 0.05) is 13.2 Å². The average Bonchev–Trinajstić information content (AvgIpc) is 3.31. The monoisotopic (exact) mass is 353 g/mol. The SMILES string of the molecule is O=C(COC(=O)CN1C(=O)NC2(CCCC2)C1=O)NC[C@@H]1CCCO1. The summed E-state index contributed by atoms with van der Waals surface area (Å²) >= 11 is 0. The lowest BCUT2D eigenvalue weighted by molar-refractivity contribution is -0.151. The summed E-state index contributed by atoms with van der Waals surface area (Å²) < 4.78 is 10.2. The number of rotatable bonds is 6. The molecule has 3 rings (SSSR count). The van der Waals surface area contributed by atoms with Gasteiger partial charge in [0.1, 0.15) is 12.1 Å². The highest BCUT2D eigenvalue weighted by molar-refractivity contribution is 6.08. The summed E-state index contributed by atoms with van der Waals surface area (Å²) in [5.74, 6) is -1.60. The van der Waals surface area contributed by atoms with Crippen molar-refractivity contribution in [2.75, 3.05) is 26.3 Å². The van der Waals surface area contributed by atoms with Crippen LogP contribution in [0.1, 0.15) is 38.5 Å². The standard InChI is InChI=1S/C16H23N3O6/c20-12(17-8-11-4-3-7-24-11)10-25-13(21)9-19-14(22)16(18-15(19)23)5-1-2-6-16/h11H,1-10H2,(H,17,20)(H,18,23)/t11-/m0/s1. The van der Waals surface area contributed by atoms with Crippen LogP contribution in [0.3, 0.4) is 0 Å². The van der Waals surface area contributed by atoms with Gasteiger partial charge in [-0.05, 0) is 25.7 Å². The molecule has 0 aromatic rings. The van der Waals surface area contributed by atoms with E-state index >= 15 is 0 Å². The Labute approximate surface area is 145 Å². The highest BCUT2D eigenvalue weighted by atomic mass is 16.5. The fourth-order valence-electron chi connectivity index (χ4n) is 3.54. The fraction of sp³-hybridized carbons (Fsp3) is 0.750. The third-order valence-corrected chi connectivity index (χ3v) is 4.91. The van der Waals surface area contributed by atoms with Crippen molar-refractivity contribution in [2.24, 2.45) is 0 Å². The van der Waals surface area contributed by atoms with Gasteiger partial charge in [-0.1, -0.05) is 12.8 Å². The Morgan fingerprint density at radius 2 is 2.04 bits per heavy atom. The molecule has 0 radical (unpaired) electrons. The first-order valence-corrected chi connectivity index (χ1v) is 8.68. The second kappa shape index (κ2) is 7.38. The van der Waals surface area contributed by atoms with E-state index < -0.39 is 36.6 Å². The van der Waals surface area contributed by atoms with Crippen LogP contribution in [-0.2, 0) is 23.9 Å². The lowest BCUT2D eigenvalue weighted by Crippen LogP contribution is -2.44. The van der Waals surface area contributed by atoms with E-state index in [2.05, 4.69) is 10.6 Å². The van der Waals surface area contributed by atoms with Crippen LogP contribution in [0.5, 0.6) is 0 Å². The number of hydrogen-bond donors (Lipinski definition) is 2. The molecular weight excluding hydrogens is 330 g/mol. The molecule has 9 nitrogen and oxygen atoms in total. The van der Waals surface area contributed by atoms with Gasteiger partial charge in [0.25, 0.3) is 11.8 Å². The van der Waals surface area contributed by atoms with Crippen LogP contribution in [0.2, 0.25) is 0 Å². The smallest absolute Gasteiger partial charge is 0.326 e. The highest BCUT2D eigenvalue weighted by Gasteiger charge is 2.52. The van der Waals surface area contributed by atoms with E-state index in [9.17, 15) is 19.2 Å². The molecule has 2 N–H and O–H groups in total. The predicted molar refractivity (Wildman–Crippen MR) is 84.4 cm³/mol. The average molecular weight is 353 g/mol. The van der Waals surface area contributed by atoms with E-state index in [0.29, 0.717) is 26.0 Å². The van der Waals surface area contributed by atoms with Crippen molar-refractivity contribution in [3.05, 3.63) is 0 Å². The largest absolute Gasteiger partial charge is 0.454 e. The van der Waals surface area contributed by atoms with E-state index in [1.54, 1.807) is 0 Å². The second-order valence-corrected chi connectivity index (χ2v) is 6.71. The minimum Gasteiger partial charge on any atom is -0.454 e. The number of nitrogens with one attached hydrogen (secondary N) is 2. The van der Waals surface area contributed by atoms with Crippen molar-refractivity contribution in [1.82, 2.24) is 15.5 Å². The fourth-order valence-corrected chi connectivity index (χ4v) is 3.54. The molecule has 2 aliphatic heterocycles. The minimum atomic E-state index is -0.851. The lowest BCUT2D eigenvalue weighted by Gasteiger charge is -2.19. The topological polar surface area (TPSA) is 114 Å². The van der Waals surface area contributed by atoms with Crippen molar-refractivity contribution in [1.29, 1.82) is 0 Å². The number of nitrogens with zero attached hydrogens (tertiary/aromatic N) is 1. The first-order valence-electron chi connectivity index (χ1n) is 8.68. The number of imide groups is 1. The molecule has 1 saturated carbocycles. The van der Waals surface area contributed by atoms with E-state index in [1.807, 2.05) is 0 Å². The Bertz CT molecular complexity index is 566. The normalized spacial score (nSPS) is 24.6. The molecule has 0 aromatic heterocycles. The molecule has 2 saturated heterocycles. The van der Waals surface area contributed by atoms with Crippen LogP contribution in [0.15, 0.2) is 0 Å². The van der Waals surface area contributed by atoms with Crippen molar-refractivity contribution in [2.45, 2.75) is 50.2 Å². The van der Waals surface area contributed by atoms with Crippen LogP contribution in [-0.4, -0.2) is 66.7 Å². The van der Waals surface area contributed by atoms with Gasteiger partial charge in [-0.25, -0.2) is 4.79 Å². The number of urea groups is 1. The molecule has 1 aliphatic carbocycles. The van der Waals surface area contributed by atoms with E-state index in [-0.39, 0.29) is 12.0 Å². The summed E-state index contributed by atoms with van der Waals surface area (Å²) in [5, 5.41) is 5.32. The second-order valence-electron chi connectivity index (χ2n) is 6.71. The maximum Gasteiger partial charge on any atom is 0.326 e. The Balaban J connectivity index is 1.40. The van der Waals surface area contributed by atoms with E-state index in [1.165, 1.54) is 0 Å². The van der Waals surface area contributed by atoms with Crippen molar-refractivity contribution in [3.63, 3.8) is 0 Å². The van der Waals surface area contributed by atoms with Crippen LogP contribution < -0.4 is 10.6 Å². The molecule has 2 heterocycles. The zero-order valence-electron chi connectivity index (χ0n) is 14.0. The van der Waals surface area contributed by atoms with E-state index in [0.717, 1.165) is 30.6 Å². The third kappa shape index (κ3) is 3.92. The number of ether oxygens (including phenoxy) is 2. The van der Waals surface area contributed by atoms with Gasteiger partial charge < -0.3 is 20.1 Å². The lowest BCUT2D eigenvalue weighted by atomic mass is 9.98. The van der Waals surface area contributed by atoms with Crippen LogP contribution in [0, 0.1) is 0 Å². The molecule has 1 spiro atoms. The third-order valence-electron chi connectivity index (χ3n) is 4.91. The molecule has 0 bridgehead atoms. The first kappa shape index (κ1) is 17.7. The van der Waals surface area contributed by atoms with Gasteiger partial charge in [-0.2, -0.15) is 0 Å². The Kier molecular flexibility index (Phi) is 5.22. The van der Waals surface area contributed by atoms with Crippen molar-refractivity contribution < 1.29 is 28.7 Å². The summed E-state index contributed by atoms with van der Waals surface area (Å²) in [6.45, 7) is 0.153. The predicted octanol–water partition coefficient (Wildman–Crippen LogP) is -0.311. The van der Waals surface area contributed by atoms with Gasteiger partial charge in [0.2, 0.25) is 0 Å². The highest BCUT2D eigenvalue weighted by Crippen LogP contribution is 2.34. The zero-order chi connectivity index (χ0) is 17.9. The summed E-state index contributed by atoms with van der Waals surface area (Å²) in [6, 6.07) is -0.577.